The Bertz CT molecular complexity index is 337. The Morgan fingerprint density at radius 1 is 1.31 bits per heavy atom. The summed E-state index contributed by atoms with van der Waals surface area (Å²) in [5.41, 5.74) is -0.611. The van der Waals surface area contributed by atoms with Crippen molar-refractivity contribution in [3.63, 3.8) is 0 Å². The standard InChI is InChI=1S/C14H21FO/c1-4-8-11(3)14(16,5-2)12-9-6-7-10-13(12)15/h6-7,9-11,16H,4-5,8H2,1-3H3. The van der Waals surface area contributed by atoms with Crippen LogP contribution in [0.3, 0.4) is 0 Å². The zero-order chi connectivity index (χ0) is 12.2. The maximum absolute atomic E-state index is 13.7. The maximum Gasteiger partial charge on any atom is 0.129 e. The summed E-state index contributed by atoms with van der Waals surface area (Å²) in [5, 5.41) is 10.6. The van der Waals surface area contributed by atoms with E-state index >= 15 is 0 Å². The molecule has 0 aromatic heterocycles. The molecule has 0 saturated carbocycles. The van der Waals surface area contributed by atoms with Crippen LogP contribution in [0.15, 0.2) is 24.3 Å². The highest BCUT2D eigenvalue weighted by Gasteiger charge is 2.35. The van der Waals surface area contributed by atoms with Crippen LogP contribution in [-0.2, 0) is 5.60 Å². The molecule has 0 radical (unpaired) electrons. The van der Waals surface area contributed by atoms with E-state index in [1.807, 2.05) is 13.8 Å². The predicted octanol–water partition coefficient (Wildman–Crippen LogP) is 3.86. The first kappa shape index (κ1) is 13.2. The SMILES string of the molecule is CCCC(C)C(O)(CC)c1ccccc1F. The quantitative estimate of drug-likeness (QED) is 0.805. The van der Waals surface area contributed by atoms with Gasteiger partial charge in [-0.2, -0.15) is 0 Å². The summed E-state index contributed by atoms with van der Waals surface area (Å²) in [6.07, 6.45) is 2.44. The monoisotopic (exact) mass is 224 g/mol. The van der Waals surface area contributed by atoms with Crippen molar-refractivity contribution >= 4 is 0 Å². The topological polar surface area (TPSA) is 20.2 Å². The van der Waals surface area contributed by atoms with Crippen molar-refractivity contribution in [2.75, 3.05) is 0 Å². The minimum atomic E-state index is -1.04. The highest BCUT2D eigenvalue weighted by molar-refractivity contribution is 5.25. The van der Waals surface area contributed by atoms with Gasteiger partial charge in [-0.1, -0.05) is 45.4 Å². The van der Waals surface area contributed by atoms with E-state index in [4.69, 9.17) is 0 Å². The lowest BCUT2D eigenvalue weighted by Gasteiger charge is -2.34. The summed E-state index contributed by atoms with van der Waals surface area (Å²) >= 11 is 0. The van der Waals surface area contributed by atoms with E-state index in [2.05, 4.69) is 6.92 Å². The number of hydrogen-bond donors (Lipinski definition) is 1. The Labute approximate surface area is 97.3 Å². The average Bonchev–Trinajstić information content (AvgIpc) is 2.29. The Balaban J connectivity index is 3.09. The average molecular weight is 224 g/mol. The van der Waals surface area contributed by atoms with Gasteiger partial charge in [-0.3, -0.25) is 0 Å². The molecule has 2 unspecified atom stereocenters. The van der Waals surface area contributed by atoms with Crippen molar-refractivity contribution in [1.82, 2.24) is 0 Å². The molecule has 0 saturated heterocycles. The van der Waals surface area contributed by atoms with Crippen LogP contribution < -0.4 is 0 Å². The second-order valence-electron chi connectivity index (χ2n) is 4.45. The molecule has 90 valence electrons. The molecule has 1 rings (SSSR count). The van der Waals surface area contributed by atoms with E-state index in [1.54, 1.807) is 18.2 Å². The molecule has 0 bridgehead atoms. The summed E-state index contributed by atoms with van der Waals surface area (Å²) in [4.78, 5) is 0. The van der Waals surface area contributed by atoms with Gasteiger partial charge in [0.05, 0.1) is 5.60 Å². The van der Waals surface area contributed by atoms with Crippen LogP contribution in [0.1, 0.15) is 45.6 Å². The van der Waals surface area contributed by atoms with Crippen LogP contribution in [0.4, 0.5) is 4.39 Å². The lowest BCUT2D eigenvalue weighted by molar-refractivity contribution is -0.0274. The highest BCUT2D eigenvalue weighted by Crippen LogP contribution is 2.36. The lowest BCUT2D eigenvalue weighted by Crippen LogP contribution is -2.33. The number of hydrogen-bond acceptors (Lipinski definition) is 1. The molecule has 0 amide bonds. The first-order valence-corrected chi connectivity index (χ1v) is 6.03. The first-order valence-electron chi connectivity index (χ1n) is 6.03. The van der Waals surface area contributed by atoms with Crippen molar-refractivity contribution in [3.8, 4) is 0 Å². The highest BCUT2D eigenvalue weighted by atomic mass is 19.1. The minimum Gasteiger partial charge on any atom is -0.385 e. The molecule has 0 spiro atoms. The summed E-state index contributed by atoms with van der Waals surface area (Å²) < 4.78 is 13.7. The van der Waals surface area contributed by atoms with E-state index in [1.165, 1.54) is 6.07 Å². The van der Waals surface area contributed by atoms with Crippen molar-refractivity contribution in [3.05, 3.63) is 35.6 Å². The Morgan fingerprint density at radius 2 is 1.94 bits per heavy atom. The minimum absolute atomic E-state index is 0.0689. The molecule has 16 heavy (non-hydrogen) atoms. The second kappa shape index (κ2) is 5.44. The third-order valence-corrected chi connectivity index (χ3v) is 3.42. The third-order valence-electron chi connectivity index (χ3n) is 3.42. The predicted molar refractivity (Wildman–Crippen MR) is 64.7 cm³/mol. The Hall–Kier alpha value is -0.890. The van der Waals surface area contributed by atoms with Crippen molar-refractivity contribution in [1.29, 1.82) is 0 Å². The molecule has 1 nitrogen and oxygen atoms in total. The third kappa shape index (κ3) is 2.43. The molecule has 0 aliphatic carbocycles. The summed E-state index contributed by atoms with van der Waals surface area (Å²) in [7, 11) is 0. The molecule has 1 aromatic carbocycles. The van der Waals surface area contributed by atoms with Gasteiger partial charge in [0, 0.05) is 5.56 Å². The molecule has 0 aliphatic heterocycles. The van der Waals surface area contributed by atoms with Crippen molar-refractivity contribution in [2.24, 2.45) is 5.92 Å². The van der Waals surface area contributed by atoms with Gasteiger partial charge in [0.1, 0.15) is 5.82 Å². The van der Waals surface area contributed by atoms with Gasteiger partial charge in [0.25, 0.3) is 0 Å². The van der Waals surface area contributed by atoms with Crippen LogP contribution in [0, 0.1) is 11.7 Å². The zero-order valence-electron chi connectivity index (χ0n) is 10.3. The van der Waals surface area contributed by atoms with Crippen molar-refractivity contribution in [2.45, 2.75) is 45.6 Å². The second-order valence-corrected chi connectivity index (χ2v) is 4.45. The fraction of sp³-hybridized carbons (Fsp3) is 0.571. The molecule has 0 fully saturated rings. The van der Waals surface area contributed by atoms with Gasteiger partial charge in [-0.25, -0.2) is 4.39 Å². The number of rotatable bonds is 5. The van der Waals surface area contributed by atoms with Gasteiger partial charge in [0.15, 0.2) is 0 Å². The van der Waals surface area contributed by atoms with Gasteiger partial charge in [-0.05, 0) is 24.8 Å². The maximum atomic E-state index is 13.7. The van der Waals surface area contributed by atoms with E-state index in [0.717, 1.165) is 12.8 Å². The zero-order valence-corrected chi connectivity index (χ0v) is 10.3. The van der Waals surface area contributed by atoms with Crippen LogP contribution >= 0.6 is 0 Å². The number of halogens is 1. The van der Waals surface area contributed by atoms with Crippen LogP contribution in [0.5, 0.6) is 0 Å². The Morgan fingerprint density at radius 3 is 2.44 bits per heavy atom. The largest absolute Gasteiger partial charge is 0.385 e. The van der Waals surface area contributed by atoms with E-state index in [9.17, 15) is 9.50 Å². The molecule has 1 aromatic rings. The van der Waals surface area contributed by atoms with E-state index in [-0.39, 0.29) is 11.7 Å². The molecular formula is C14H21FO. The Kier molecular flexibility index (Phi) is 4.48. The number of aliphatic hydroxyl groups is 1. The fourth-order valence-corrected chi connectivity index (χ4v) is 2.29. The van der Waals surface area contributed by atoms with E-state index in [0.29, 0.717) is 12.0 Å². The summed E-state index contributed by atoms with van der Waals surface area (Å²) in [6, 6.07) is 6.52. The van der Waals surface area contributed by atoms with E-state index < -0.39 is 5.60 Å². The number of benzene rings is 1. The molecule has 0 aliphatic rings. The molecule has 0 heterocycles. The first-order chi connectivity index (χ1) is 7.56. The van der Waals surface area contributed by atoms with Gasteiger partial charge >= 0.3 is 0 Å². The van der Waals surface area contributed by atoms with Crippen LogP contribution in [0.25, 0.3) is 0 Å². The molecular weight excluding hydrogens is 203 g/mol. The van der Waals surface area contributed by atoms with Crippen molar-refractivity contribution < 1.29 is 9.50 Å². The normalized spacial score (nSPS) is 16.8. The van der Waals surface area contributed by atoms with Gasteiger partial charge < -0.3 is 5.11 Å². The van der Waals surface area contributed by atoms with Gasteiger partial charge in [-0.15, -0.1) is 0 Å². The summed E-state index contributed by atoms with van der Waals surface area (Å²) in [6.45, 7) is 5.96. The smallest absolute Gasteiger partial charge is 0.129 e. The molecule has 2 atom stereocenters. The summed E-state index contributed by atoms with van der Waals surface area (Å²) in [5.74, 6) is -0.241. The molecule has 1 N–H and O–H groups in total. The van der Waals surface area contributed by atoms with Gasteiger partial charge in [0.2, 0.25) is 0 Å². The van der Waals surface area contributed by atoms with Crippen LogP contribution in [0.2, 0.25) is 0 Å². The lowest BCUT2D eigenvalue weighted by atomic mass is 9.78. The van der Waals surface area contributed by atoms with Crippen LogP contribution in [-0.4, -0.2) is 5.11 Å². The molecule has 2 heteroatoms. The fourth-order valence-electron chi connectivity index (χ4n) is 2.29.